The molecule has 1 aromatic carbocycles. The Morgan fingerprint density at radius 1 is 1.44 bits per heavy atom. The van der Waals surface area contributed by atoms with E-state index in [1.165, 1.54) is 24.8 Å². The molecule has 1 unspecified atom stereocenters. The molecule has 0 radical (unpaired) electrons. The van der Waals surface area contributed by atoms with Gasteiger partial charge in [-0.05, 0) is 42.0 Å². The van der Waals surface area contributed by atoms with E-state index < -0.39 is 0 Å². The number of ether oxygens (including phenoxy) is 1. The molecule has 1 aliphatic heterocycles. The summed E-state index contributed by atoms with van der Waals surface area (Å²) in [5.74, 6) is 1.00. The molecule has 1 aromatic rings. The molecular formula is C15H20ClNO. The average molecular weight is 266 g/mol. The second-order valence-corrected chi connectivity index (χ2v) is 6.43. The van der Waals surface area contributed by atoms with Crippen molar-refractivity contribution in [1.82, 2.24) is 5.32 Å². The van der Waals surface area contributed by atoms with E-state index in [0.717, 1.165) is 30.3 Å². The summed E-state index contributed by atoms with van der Waals surface area (Å²) in [4.78, 5) is 0. The zero-order valence-corrected chi connectivity index (χ0v) is 11.6. The van der Waals surface area contributed by atoms with Crippen molar-refractivity contribution < 1.29 is 4.74 Å². The van der Waals surface area contributed by atoms with Crippen molar-refractivity contribution in [2.45, 2.75) is 38.7 Å². The topological polar surface area (TPSA) is 21.3 Å². The predicted octanol–water partition coefficient (Wildman–Crippen LogP) is 3.42. The van der Waals surface area contributed by atoms with Crippen LogP contribution in [-0.2, 0) is 6.42 Å². The molecule has 0 amide bonds. The van der Waals surface area contributed by atoms with Crippen LogP contribution in [0.1, 0.15) is 31.7 Å². The normalized spacial score (nSPS) is 24.2. The van der Waals surface area contributed by atoms with Gasteiger partial charge in [-0.15, -0.1) is 0 Å². The standard InChI is InChI=1S/C15H20ClNO/c1-15(5-2-6-15)10-17-9-13-8-11-7-12(16)3-4-14(11)18-13/h3-4,7,13,17H,2,5-6,8-10H2,1H3. The minimum atomic E-state index is 0.266. The summed E-state index contributed by atoms with van der Waals surface area (Å²) in [7, 11) is 0. The van der Waals surface area contributed by atoms with E-state index in [9.17, 15) is 0 Å². The Bertz CT molecular complexity index is 442. The van der Waals surface area contributed by atoms with E-state index >= 15 is 0 Å². The van der Waals surface area contributed by atoms with Crippen molar-refractivity contribution in [3.63, 3.8) is 0 Å². The molecule has 2 nitrogen and oxygen atoms in total. The van der Waals surface area contributed by atoms with Crippen LogP contribution in [0.2, 0.25) is 5.02 Å². The highest BCUT2D eigenvalue weighted by atomic mass is 35.5. The van der Waals surface area contributed by atoms with Gasteiger partial charge in [-0.2, -0.15) is 0 Å². The number of rotatable bonds is 4. The minimum Gasteiger partial charge on any atom is -0.488 e. The molecule has 1 heterocycles. The van der Waals surface area contributed by atoms with Crippen LogP contribution in [0.3, 0.4) is 0 Å². The molecule has 98 valence electrons. The Morgan fingerprint density at radius 2 is 2.28 bits per heavy atom. The van der Waals surface area contributed by atoms with Gasteiger partial charge in [-0.1, -0.05) is 24.9 Å². The lowest BCUT2D eigenvalue weighted by Gasteiger charge is -2.38. The van der Waals surface area contributed by atoms with Crippen LogP contribution in [0.4, 0.5) is 0 Å². The summed E-state index contributed by atoms with van der Waals surface area (Å²) >= 11 is 5.99. The Balaban J connectivity index is 1.49. The second-order valence-electron chi connectivity index (χ2n) is 5.99. The summed E-state index contributed by atoms with van der Waals surface area (Å²) in [5, 5.41) is 4.36. The average Bonchev–Trinajstić information content (AvgIpc) is 2.68. The number of fused-ring (bicyclic) bond motifs is 1. The summed E-state index contributed by atoms with van der Waals surface area (Å²) in [6.45, 7) is 4.42. The molecule has 0 bridgehead atoms. The van der Waals surface area contributed by atoms with Crippen LogP contribution < -0.4 is 10.1 Å². The number of nitrogens with one attached hydrogen (secondary N) is 1. The molecule has 0 saturated heterocycles. The fourth-order valence-electron chi connectivity index (χ4n) is 2.89. The molecule has 0 spiro atoms. The van der Waals surface area contributed by atoms with Crippen molar-refractivity contribution in [3.8, 4) is 5.75 Å². The van der Waals surface area contributed by atoms with E-state index in [0.29, 0.717) is 5.41 Å². The third kappa shape index (κ3) is 2.50. The van der Waals surface area contributed by atoms with Crippen LogP contribution in [0.25, 0.3) is 0 Å². The minimum absolute atomic E-state index is 0.266. The van der Waals surface area contributed by atoms with Gasteiger partial charge in [0, 0.05) is 24.5 Å². The van der Waals surface area contributed by atoms with Crippen molar-refractivity contribution in [1.29, 1.82) is 0 Å². The van der Waals surface area contributed by atoms with Gasteiger partial charge in [-0.25, -0.2) is 0 Å². The quantitative estimate of drug-likeness (QED) is 0.901. The fourth-order valence-corrected chi connectivity index (χ4v) is 3.09. The zero-order valence-electron chi connectivity index (χ0n) is 10.8. The Kier molecular flexibility index (Phi) is 3.25. The highest BCUT2D eigenvalue weighted by Crippen LogP contribution is 2.39. The van der Waals surface area contributed by atoms with Gasteiger partial charge in [0.15, 0.2) is 0 Å². The molecule has 1 fully saturated rings. The monoisotopic (exact) mass is 265 g/mol. The molecule has 3 heteroatoms. The SMILES string of the molecule is CC1(CNCC2Cc3cc(Cl)ccc3O2)CCC1. The number of halogens is 1. The first-order valence-electron chi connectivity index (χ1n) is 6.80. The molecule has 2 aliphatic rings. The predicted molar refractivity (Wildman–Crippen MR) is 74.4 cm³/mol. The van der Waals surface area contributed by atoms with Crippen molar-refractivity contribution in [2.24, 2.45) is 5.41 Å². The van der Waals surface area contributed by atoms with Crippen molar-refractivity contribution >= 4 is 11.6 Å². The van der Waals surface area contributed by atoms with Crippen molar-refractivity contribution in [2.75, 3.05) is 13.1 Å². The van der Waals surface area contributed by atoms with Gasteiger partial charge in [0.2, 0.25) is 0 Å². The number of hydrogen-bond acceptors (Lipinski definition) is 2. The third-order valence-corrected chi connectivity index (χ3v) is 4.48. The third-order valence-electron chi connectivity index (χ3n) is 4.25. The Labute approximate surface area is 114 Å². The first-order valence-corrected chi connectivity index (χ1v) is 7.18. The lowest BCUT2D eigenvalue weighted by atomic mass is 9.70. The molecule has 1 aliphatic carbocycles. The lowest BCUT2D eigenvalue weighted by molar-refractivity contribution is 0.146. The summed E-state index contributed by atoms with van der Waals surface area (Å²) < 4.78 is 5.91. The maximum atomic E-state index is 5.99. The Morgan fingerprint density at radius 3 is 3.00 bits per heavy atom. The van der Waals surface area contributed by atoms with Crippen LogP contribution in [0, 0.1) is 5.41 Å². The van der Waals surface area contributed by atoms with Crippen LogP contribution in [0.15, 0.2) is 18.2 Å². The zero-order chi connectivity index (χ0) is 12.6. The maximum Gasteiger partial charge on any atom is 0.123 e. The summed E-state index contributed by atoms with van der Waals surface area (Å²) in [5.41, 5.74) is 1.78. The number of benzene rings is 1. The van der Waals surface area contributed by atoms with Gasteiger partial charge in [0.25, 0.3) is 0 Å². The lowest BCUT2D eigenvalue weighted by Crippen LogP contribution is -2.41. The van der Waals surface area contributed by atoms with E-state index in [-0.39, 0.29) is 6.10 Å². The van der Waals surface area contributed by atoms with E-state index in [1.807, 2.05) is 18.2 Å². The highest BCUT2D eigenvalue weighted by molar-refractivity contribution is 6.30. The molecule has 18 heavy (non-hydrogen) atoms. The number of hydrogen-bond donors (Lipinski definition) is 1. The molecular weight excluding hydrogens is 246 g/mol. The molecule has 1 atom stereocenters. The highest BCUT2D eigenvalue weighted by Gasteiger charge is 2.31. The van der Waals surface area contributed by atoms with E-state index in [2.05, 4.69) is 12.2 Å². The first kappa shape index (κ1) is 12.3. The van der Waals surface area contributed by atoms with E-state index in [4.69, 9.17) is 16.3 Å². The fraction of sp³-hybridized carbons (Fsp3) is 0.600. The summed E-state index contributed by atoms with van der Waals surface area (Å²) in [6.07, 6.45) is 5.35. The summed E-state index contributed by atoms with van der Waals surface area (Å²) in [6, 6.07) is 5.89. The largest absolute Gasteiger partial charge is 0.488 e. The Hall–Kier alpha value is -0.730. The molecule has 3 rings (SSSR count). The van der Waals surface area contributed by atoms with Gasteiger partial charge in [0.1, 0.15) is 11.9 Å². The van der Waals surface area contributed by atoms with Crippen molar-refractivity contribution in [3.05, 3.63) is 28.8 Å². The molecule has 0 aromatic heterocycles. The second kappa shape index (κ2) is 4.75. The smallest absolute Gasteiger partial charge is 0.123 e. The molecule has 1 saturated carbocycles. The molecule has 1 N–H and O–H groups in total. The maximum absolute atomic E-state index is 5.99. The van der Waals surface area contributed by atoms with Gasteiger partial charge < -0.3 is 10.1 Å². The van der Waals surface area contributed by atoms with Crippen LogP contribution >= 0.6 is 11.6 Å². The van der Waals surface area contributed by atoms with Gasteiger partial charge in [-0.3, -0.25) is 0 Å². The first-order chi connectivity index (χ1) is 8.65. The van der Waals surface area contributed by atoms with E-state index in [1.54, 1.807) is 0 Å². The van der Waals surface area contributed by atoms with Crippen LogP contribution in [0.5, 0.6) is 5.75 Å². The van der Waals surface area contributed by atoms with Gasteiger partial charge in [0.05, 0.1) is 0 Å². The van der Waals surface area contributed by atoms with Gasteiger partial charge >= 0.3 is 0 Å². The van der Waals surface area contributed by atoms with Crippen LogP contribution in [-0.4, -0.2) is 19.2 Å².